The van der Waals surface area contributed by atoms with Crippen LogP contribution >= 0.6 is 0 Å². The third-order valence-electron chi connectivity index (χ3n) is 4.04. The molecular formula is C12H19N3O. The molecule has 2 aliphatic heterocycles. The molecule has 4 heteroatoms. The average molecular weight is 221 g/mol. The highest BCUT2D eigenvalue weighted by Crippen LogP contribution is 2.40. The molecule has 1 aromatic rings. The van der Waals surface area contributed by atoms with Gasteiger partial charge in [0.05, 0.1) is 12.2 Å². The van der Waals surface area contributed by atoms with Crippen molar-refractivity contribution < 1.29 is 4.74 Å². The van der Waals surface area contributed by atoms with Crippen LogP contribution in [0, 0.1) is 5.92 Å². The third-order valence-corrected chi connectivity index (χ3v) is 4.04. The molecule has 4 unspecified atom stereocenters. The van der Waals surface area contributed by atoms with Gasteiger partial charge in [0.15, 0.2) is 0 Å². The van der Waals surface area contributed by atoms with Crippen molar-refractivity contribution in [3.8, 4) is 0 Å². The summed E-state index contributed by atoms with van der Waals surface area (Å²) >= 11 is 0. The van der Waals surface area contributed by atoms with E-state index < -0.39 is 0 Å². The van der Waals surface area contributed by atoms with Gasteiger partial charge in [-0.3, -0.25) is 0 Å². The Labute approximate surface area is 95.8 Å². The Kier molecular flexibility index (Phi) is 2.48. The second kappa shape index (κ2) is 3.86. The van der Waals surface area contributed by atoms with E-state index >= 15 is 0 Å². The van der Waals surface area contributed by atoms with Crippen LogP contribution in [0.3, 0.4) is 0 Å². The quantitative estimate of drug-likeness (QED) is 0.823. The van der Waals surface area contributed by atoms with E-state index in [0.29, 0.717) is 18.1 Å². The van der Waals surface area contributed by atoms with Crippen molar-refractivity contribution in [3.63, 3.8) is 0 Å². The molecule has 2 aliphatic rings. The molecule has 2 fully saturated rings. The Morgan fingerprint density at radius 3 is 3.06 bits per heavy atom. The fraction of sp³-hybridized carbons (Fsp3) is 0.750. The first kappa shape index (κ1) is 10.3. The van der Waals surface area contributed by atoms with Gasteiger partial charge in [0.1, 0.15) is 5.82 Å². The van der Waals surface area contributed by atoms with Gasteiger partial charge in [-0.25, -0.2) is 4.98 Å². The van der Waals surface area contributed by atoms with Crippen LogP contribution in [0.2, 0.25) is 0 Å². The third kappa shape index (κ3) is 1.66. The molecule has 1 aromatic heterocycles. The van der Waals surface area contributed by atoms with Gasteiger partial charge < -0.3 is 15.0 Å². The SMILES string of the molecule is Cn1ccnc1CC(N)C1CC2CCC1O2. The Morgan fingerprint density at radius 2 is 2.50 bits per heavy atom. The first-order valence-electron chi connectivity index (χ1n) is 6.11. The maximum Gasteiger partial charge on any atom is 0.109 e. The molecule has 0 aliphatic carbocycles. The van der Waals surface area contributed by atoms with Gasteiger partial charge in [0.2, 0.25) is 0 Å². The van der Waals surface area contributed by atoms with E-state index in [2.05, 4.69) is 4.98 Å². The summed E-state index contributed by atoms with van der Waals surface area (Å²) in [7, 11) is 2.02. The van der Waals surface area contributed by atoms with Crippen molar-refractivity contribution in [1.29, 1.82) is 0 Å². The first-order valence-corrected chi connectivity index (χ1v) is 6.11. The molecule has 2 N–H and O–H groups in total. The maximum atomic E-state index is 6.29. The van der Waals surface area contributed by atoms with Gasteiger partial charge in [0.25, 0.3) is 0 Å². The Hall–Kier alpha value is -0.870. The van der Waals surface area contributed by atoms with Gasteiger partial charge in [-0.1, -0.05) is 0 Å². The van der Waals surface area contributed by atoms with Crippen LogP contribution in [-0.2, 0) is 18.2 Å². The lowest BCUT2D eigenvalue weighted by atomic mass is 9.83. The van der Waals surface area contributed by atoms with Crippen LogP contribution < -0.4 is 5.73 Å². The van der Waals surface area contributed by atoms with Crippen molar-refractivity contribution in [1.82, 2.24) is 9.55 Å². The lowest BCUT2D eigenvalue weighted by Crippen LogP contribution is -2.38. The molecule has 88 valence electrons. The smallest absolute Gasteiger partial charge is 0.109 e. The van der Waals surface area contributed by atoms with Crippen LogP contribution in [0.4, 0.5) is 0 Å². The van der Waals surface area contributed by atoms with Crippen LogP contribution in [-0.4, -0.2) is 27.8 Å². The zero-order valence-corrected chi connectivity index (χ0v) is 9.67. The highest BCUT2D eigenvalue weighted by Gasteiger charge is 2.43. The fourth-order valence-corrected chi connectivity index (χ4v) is 3.08. The normalized spacial score (nSPS) is 34.5. The number of aromatic nitrogens is 2. The fourth-order valence-electron chi connectivity index (χ4n) is 3.08. The zero-order chi connectivity index (χ0) is 11.1. The molecular weight excluding hydrogens is 202 g/mol. The summed E-state index contributed by atoms with van der Waals surface area (Å²) in [6, 6.07) is 0.191. The number of nitrogens with two attached hydrogens (primary N) is 1. The van der Waals surface area contributed by atoms with E-state index in [1.807, 2.05) is 24.0 Å². The maximum absolute atomic E-state index is 6.29. The number of hydrogen-bond donors (Lipinski definition) is 1. The molecule has 0 spiro atoms. The number of ether oxygens (including phenoxy) is 1. The molecule has 3 rings (SSSR count). The second-order valence-corrected chi connectivity index (χ2v) is 5.10. The highest BCUT2D eigenvalue weighted by atomic mass is 16.5. The molecule has 0 saturated carbocycles. The van der Waals surface area contributed by atoms with Gasteiger partial charge in [-0.15, -0.1) is 0 Å². The van der Waals surface area contributed by atoms with Gasteiger partial charge in [-0.05, 0) is 19.3 Å². The van der Waals surface area contributed by atoms with E-state index in [1.54, 1.807) is 0 Å². The summed E-state index contributed by atoms with van der Waals surface area (Å²) in [4.78, 5) is 4.33. The summed E-state index contributed by atoms with van der Waals surface area (Å²) < 4.78 is 7.90. The van der Waals surface area contributed by atoms with E-state index in [0.717, 1.165) is 18.7 Å². The summed E-state index contributed by atoms with van der Waals surface area (Å²) in [5.41, 5.74) is 6.29. The van der Waals surface area contributed by atoms with E-state index in [1.165, 1.54) is 12.8 Å². The number of aryl methyl sites for hydroxylation is 1. The first-order chi connectivity index (χ1) is 7.74. The summed E-state index contributed by atoms with van der Waals surface area (Å²) in [6.45, 7) is 0. The molecule has 0 aromatic carbocycles. The lowest BCUT2D eigenvalue weighted by Gasteiger charge is -2.24. The Balaban J connectivity index is 1.66. The predicted octanol–water partition coefficient (Wildman–Crippen LogP) is 0.857. The van der Waals surface area contributed by atoms with Gasteiger partial charge in [-0.2, -0.15) is 0 Å². The molecule has 4 nitrogen and oxygen atoms in total. The van der Waals surface area contributed by atoms with Gasteiger partial charge in [0, 0.05) is 37.8 Å². The summed E-state index contributed by atoms with van der Waals surface area (Å²) in [6.07, 6.45) is 9.15. The molecule has 2 saturated heterocycles. The second-order valence-electron chi connectivity index (χ2n) is 5.10. The van der Waals surface area contributed by atoms with E-state index in [4.69, 9.17) is 10.5 Å². The zero-order valence-electron chi connectivity index (χ0n) is 9.67. The monoisotopic (exact) mass is 221 g/mol. The number of imidazole rings is 1. The summed E-state index contributed by atoms with van der Waals surface area (Å²) in [5, 5.41) is 0. The number of hydrogen-bond acceptors (Lipinski definition) is 3. The number of nitrogens with zero attached hydrogens (tertiary/aromatic N) is 2. The molecule has 4 atom stereocenters. The molecule has 16 heavy (non-hydrogen) atoms. The Bertz CT molecular complexity index is 376. The molecule has 3 heterocycles. The van der Waals surface area contributed by atoms with Crippen molar-refractivity contribution in [2.45, 2.75) is 43.9 Å². The Morgan fingerprint density at radius 1 is 1.62 bits per heavy atom. The van der Waals surface area contributed by atoms with Crippen molar-refractivity contribution >= 4 is 0 Å². The minimum Gasteiger partial charge on any atom is -0.375 e. The molecule has 0 amide bonds. The number of rotatable bonds is 3. The van der Waals surface area contributed by atoms with Crippen LogP contribution in [0.5, 0.6) is 0 Å². The largest absolute Gasteiger partial charge is 0.375 e. The molecule has 0 radical (unpaired) electrons. The van der Waals surface area contributed by atoms with Crippen LogP contribution in [0.15, 0.2) is 12.4 Å². The van der Waals surface area contributed by atoms with Gasteiger partial charge >= 0.3 is 0 Å². The molecule has 2 bridgehead atoms. The van der Waals surface area contributed by atoms with E-state index in [-0.39, 0.29) is 6.04 Å². The highest BCUT2D eigenvalue weighted by molar-refractivity contribution is 5.00. The minimum atomic E-state index is 0.191. The topological polar surface area (TPSA) is 53.1 Å². The predicted molar refractivity (Wildman–Crippen MR) is 60.9 cm³/mol. The van der Waals surface area contributed by atoms with E-state index in [9.17, 15) is 0 Å². The van der Waals surface area contributed by atoms with Crippen LogP contribution in [0.1, 0.15) is 25.1 Å². The number of fused-ring (bicyclic) bond motifs is 2. The lowest BCUT2D eigenvalue weighted by molar-refractivity contribution is 0.0883. The van der Waals surface area contributed by atoms with Crippen molar-refractivity contribution in [3.05, 3.63) is 18.2 Å². The van der Waals surface area contributed by atoms with Crippen molar-refractivity contribution in [2.75, 3.05) is 0 Å². The van der Waals surface area contributed by atoms with Crippen molar-refractivity contribution in [2.24, 2.45) is 18.7 Å². The summed E-state index contributed by atoms with van der Waals surface area (Å²) in [5.74, 6) is 1.62. The van der Waals surface area contributed by atoms with Crippen LogP contribution in [0.25, 0.3) is 0 Å². The standard InChI is InChI=1S/C12H19N3O/c1-15-5-4-14-12(15)7-10(13)9-6-8-2-3-11(9)16-8/h4-5,8-11H,2-3,6-7,13H2,1H3. The minimum absolute atomic E-state index is 0.191. The average Bonchev–Trinajstić information content (AvgIpc) is 2.95.